The molecular weight excluding hydrogens is 364 g/mol. The lowest BCUT2D eigenvalue weighted by Gasteiger charge is -2.29. The minimum Gasteiger partial charge on any atom is -0.356 e. The summed E-state index contributed by atoms with van der Waals surface area (Å²) in [4.78, 5) is 19.3. The van der Waals surface area contributed by atoms with Crippen LogP contribution in [0.5, 0.6) is 0 Å². The summed E-state index contributed by atoms with van der Waals surface area (Å²) in [5.41, 5.74) is 1.51. The van der Waals surface area contributed by atoms with Crippen molar-refractivity contribution in [3.63, 3.8) is 0 Å². The third-order valence-corrected chi connectivity index (χ3v) is 5.57. The van der Waals surface area contributed by atoms with E-state index in [1.807, 2.05) is 0 Å². The zero-order chi connectivity index (χ0) is 19.3. The third kappa shape index (κ3) is 5.05. The molecule has 0 atom stereocenters. The molecule has 1 aromatic carbocycles. The molecule has 1 aromatic heterocycles. The Morgan fingerprint density at radius 2 is 1.81 bits per heavy atom. The molecule has 1 aliphatic heterocycles. The van der Waals surface area contributed by atoms with E-state index in [1.54, 1.807) is 30.5 Å². The van der Waals surface area contributed by atoms with Crippen molar-refractivity contribution < 1.29 is 13.2 Å². The summed E-state index contributed by atoms with van der Waals surface area (Å²) >= 11 is 0. The van der Waals surface area contributed by atoms with Crippen molar-refractivity contribution in [2.24, 2.45) is 5.14 Å². The van der Waals surface area contributed by atoms with E-state index in [-0.39, 0.29) is 10.8 Å². The van der Waals surface area contributed by atoms with Crippen LogP contribution >= 0.6 is 0 Å². The van der Waals surface area contributed by atoms with E-state index in [2.05, 4.69) is 15.2 Å². The Bertz CT molecular complexity index is 891. The predicted molar refractivity (Wildman–Crippen MR) is 104 cm³/mol. The van der Waals surface area contributed by atoms with Crippen LogP contribution in [0.1, 0.15) is 35.2 Å². The fraction of sp³-hybridized carbons (Fsp3) is 0.368. The highest BCUT2D eigenvalue weighted by Gasteiger charge is 2.19. The van der Waals surface area contributed by atoms with Crippen molar-refractivity contribution in [2.45, 2.75) is 30.6 Å². The number of primary sulfonamides is 1. The second-order valence-corrected chi connectivity index (χ2v) is 8.18. The number of nitrogens with two attached hydrogens (primary N) is 1. The highest BCUT2D eigenvalue weighted by atomic mass is 32.2. The standard InChI is InChI=1S/C19H24N4O3S/c20-27(25,26)16-8-6-15(7-9-16)10-12-22-19(24)17-5-4-11-21-18(17)23-13-2-1-3-14-23/h4-9,11H,1-3,10,12-14H2,(H,22,24)(H2,20,25,26). The van der Waals surface area contributed by atoms with E-state index in [4.69, 9.17) is 5.14 Å². The lowest BCUT2D eigenvalue weighted by Crippen LogP contribution is -2.34. The molecular formula is C19H24N4O3S. The van der Waals surface area contributed by atoms with E-state index >= 15 is 0 Å². The normalized spacial score (nSPS) is 14.8. The summed E-state index contributed by atoms with van der Waals surface area (Å²) in [5.74, 6) is 0.594. The monoisotopic (exact) mass is 388 g/mol. The number of piperidine rings is 1. The summed E-state index contributed by atoms with van der Waals surface area (Å²) < 4.78 is 22.6. The fourth-order valence-electron chi connectivity index (χ4n) is 3.19. The number of benzene rings is 1. The van der Waals surface area contributed by atoms with Crippen LogP contribution in [0.4, 0.5) is 5.82 Å². The van der Waals surface area contributed by atoms with Crippen LogP contribution in [0, 0.1) is 0 Å². The first-order chi connectivity index (χ1) is 12.9. The number of carbonyl (C=O) groups excluding carboxylic acids is 1. The SMILES string of the molecule is NS(=O)(=O)c1ccc(CCNC(=O)c2cccnc2N2CCCCC2)cc1. The van der Waals surface area contributed by atoms with Gasteiger partial charge in [0.2, 0.25) is 10.0 Å². The van der Waals surface area contributed by atoms with Gasteiger partial charge >= 0.3 is 0 Å². The number of carbonyl (C=O) groups is 1. The first-order valence-corrected chi connectivity index (χ1v) is 10.6. The van der Waals surface area contributed by atoms with Gasteiger partial charge in [0, 0.05) is 25.8 Å². The van der Waals surface area contributed by atoms with Crippen molar-refractivity contribution in [1.82, 2.24) is 10.3 Å². The third-order valence-electron chi connectivity index (χ3n) is 4.64. The van der Waals surface area contributed by atoms with Gasteiger partial charge in [-0.05, 0) is 55.5 Å². The van der Waals surface area contributed by atoms with Crippen LogP contribution in [0.3, 0.4) is 0 Å². The molecule has 1 amide bonds. The maximum Gasteiger partial charge on any atom is 0.255 e. The van der Waals surface area contributed by atoms with Gasteiger partial charge in [0.25, 0.3) is 5.91 Å². The maximum absolute atomic E-state index is 12.6. The molecule has 0 aliphatic carbocycles. The van der Waals surface area contributed by atoms with Crippen molar-refractivity contribution >= 4 is 21.7 Å². The van der Waals surface area contributed by atoms with Crippen molar-refractivity contribution in [3.05, 3.63) is 53.7 Å². The minimum absolute atomic E-state index is 0.0804. The fourth-order valence-corrected chi connectivity index (χ4v) is 3.71. The summed E-state index contributed by atoms with van der Waals surface area (Å²) in [5, 5.41) is 8.02. The van der Waals surface area contributed by atoms with Crippen LogP contribution in [-0.4, -0.2) is 38.9 Å². The first kappa shape index (κ1) is 19.3. The number of nitrogens with one attached hydrogen (secondary N) is 1. The number of aromatic nitrogens is 1. The summed E-state index contributed by atoms with van der Waals surface area (Å²) in [6.45, 7) is 2.29. The Morgan fingerprint density at radius 1 is 1.11 bits per heavy atom. The molecule has 0 radical (unpaired) electrons. The van der Waals surface area contributed by atoms with Crippen molar-refractivity contribution in [2.75, 3.05) is 24.5 Å². The van der Waals surface area contributed by atoms with E-state index in [1.165, 1.54) is 18.6 Å². The van der Waals surface area contributed by atoms with Gasteiger partial charge in [0.1, 0.15) is 5.82 Å². The van der Waals surface area contributed by atoms with Crippen molar-refractivity contribution in [3.8, 4) is 0 Å². The topological polar surface area (TPSA) is 105 Å². The van der Waals surface area contributed by atoms with E-state index in [9.17, 15) is 13.2 Å². The number of amides is 1. The summed E-state index contributed by atoms with van der Waals surface area (Å²) in [6.07, 6.45) is 5.76. The van der Waals surface area contributed by atoms with Gasteiger partial charge in [-0.1, -0.05) is 12.1 Å². The zero-order valence-electron chi connectivity index (χ0n) is 15.1. The van der Waals surface area contributed by atoms with Crippen LogP contribution in [0.25, 0.3) is 0 Å². The number of nitrogens with zero attached hydrogens (tertiary/aromatic N) is 2. The molecule has 2 aromatic rings. The van der Waals surface area contributed by atoms with E-state index in [0.29, 0.717) is 18.5 Å². The lowest BCUT2D eigenvalue weighted by atomic mass is 10.1. The van der Waals surface area contributed by atoms with Gasteiger partial charge in [-0.15, -0.1) is 0 Å². The Balaban J connectivity index is 1.60. The van der Waals surface area contributed by atoms with E-state index < -0.39 is 10.0 Å². The van der Waals surface area contributed by atoms with Crippen LogP contribution in [-0.2, 0) is 16.4 Å². The number of anilines is 1. The summed E-state index contributed by atoms with van der Waals surface area (Å²) in [6, 6.07) is 9.93. The Kier molecular flexibility index (Phi) is 6.08. The second-order valence-electron chi connectivity index (χ2n) is 6.62. The largest absolute Gasteiger partial charge is 0.356 e. The Morgan fingerprint density at radius 3 is 2.48 bits per heavy atom. The van der Waals surface area contributed by atoms with Crippen molar-refractivity contribution in [1.29, 1.82) is 0 Å². The average Bonchev–Trinajstić information content (AvgIpc) is 2.68. The molecule has 0 spiro atoms. The Hall–Kier alpha value is -2.45. The second kappa shape index (κ2) is 8.49. The van der Waals surface area contributed by atoms with Gasteiger partial charge in [0.05, 0.1) is 10.5 Å². The average molecular weight is 388 g/mol. The minimum atomic E-state index is -3.69. The van der Waals surface area contributed by atoms with Gasteiger partial charge in [0.15, 0.2) is 0 Å². The molecule has 0 unspecified atom stereocenters. The van der Waals surface area contributed by atoms with E-state index in [0.717, 1.165) is 37.3 Å². The van der Waals surface area contributed by atoms with Gasteiger partial charge in [-0.3, -0.25) is 4.79 Å². The number of rotatable bonds is 6. The van der Waals surface area contributed by atoms with Crippen LogP contribution < -0.4 is 15.4 Å². The lowest BCUT2D eigenvalue weighted by molar-refractivity contribution is 0.0954. The number of pyridine rings is 1. The molecule has 3 N–H and O–H groups in total. The molecule has 1 saturated heterocycles. The van der Waals surface area contributed by atoms with Gasteiger partial charge in [-0.25, -0.2) is 18.5 Å². The molecule has 8 heteroatoms. The molecule has 0 saturated carbocycles. The summed E-state index contributed by atoms with van der Waals surface area (Å²) in [7, 11) is -3.69. The number of hydrogen-bond donors (Lipinski definition) is 2. The number of sulfonamides is 1. The molecule has 27 heavy (non-hydrogen) atoms. The smallest absolute Gasteiger partial charge is 0.255 e. The molecule has 0 bridgehead atoms. The zero-order valence-corrected chi connectivity index (χ0v) is 15.9. The van der Waals surface area contributed by atoms with Gasteiger partial charge < -0.3 is 10.2 Å². The van der Waals surface area contributed by atoms with Crippen LogP contribution in [0.15, 0.2) is 47.5 Å². The molecule has 144 valence electrons. The quantitative estimate of drug-likeness (QED) is 0.783. The molecule has 3 rings (SSSR count). The number of hydrogen-bond acceptors (Lipinski definition) is 5. The highest BCUT2D eigenvalue weighted by molar-refractivity contribution is 7.89. The molecule has 1 aliphatic rings. The predicted octanol–water partition coefficient (Wildman–Crippen LogP) is 1.69. The highest BCUT2D eigenvalue weighted by Crippen LogP contribution is 2.21. The van der Waals surface area contributed by atoms with Crippen LogP contribution in [0.2, 0.25) is 0 Å². The molecule has 1 fully saturated rings. The first-order valence-electron chi connectivity index (χ1n) is 9.05. The maximum atomic E-state index is 12.6. The molecule has 2 heterocycles. The van der Waals surface area contributed by atoms with Gasteiger partial charge in [-0.2, -0.15) is 0 Å². The molecule has 7 nitrogen and oxygen atoms in total. The Labute approximate surface area is 159 Å².